The zero-order chi connectivity index (χ0) is 18.5. The summed E-state index contributed by atoms with van der Waals surface area (Å²) in [4.78, 5) is 0.141. The van der Waals surface area contributed by atoms with E-state index in [9.17, 15) is 8.42 Å². The monoisotopic (exact) mass is 376 g/mol. The van der Waals surface area contributed by atoms with Crippen LogP contribution in [0.1, 0.15) is 12.5 Å². The fraction of sp³-hybridized carbons (Fsp3) is 0.647. The van der Waals surface area contributed by atoms with Gasteiger partial charge in [0.05, 0.1) is 57.2 Å². The highest BCUT2D eigenvalue weighted by atomic mass is 32.2. The highest BCUT2D eigenvalue weighted by Crippen LogP contribution is 2.13. The van der Waals surface area contributed by atoms with Crippen molar-refractivity contribution in [3.05, 3.63) is 29.8 Å². The van der Waals surface area contributed by atoms with Gasteiger partial charge in [0.25, 0.3) is 10.1 Å². The molecule has 1 atom stereocenters. The van der Waals surface area contributed by atoms with Crippen LogP contribution >= 0.6 is 0 Å². The summed E-state index contributed by atoms with van der Waals surface area (Å²) >= 11 is 0. The van der Waals surface area contributed by atoms with Crippen molar-refractivity contribution in [3.63, 3.8) is 0 Å². The minimum absolute atomic E-state index is 0.0453. The molecule has 0 heterocycles. The van der Waals surface area contributed by atoms with E-state index < -0.39 is 10.1 Å². The van der Waals surface area contributed by atoms with Crippen molar-refractivity contribution in [2.75, 3.05) is 53.4 Å². The minimum atomic E-state index is -3.76. The Bertz CT molecular complexity index is 557. The van der Waals surface area contributed by atoms with Crippen LogP contribution < -0.4 is 0 Å². The van der Waals surface area contributed by atoms with Gasteiger partial charge in [-0.25, -0.2) is 0 Å². The summed E-state index contributed by atoms with van der Waals surface area (Å²) < 4.78 is 50.0. The summed E-state index contributed by atoms with van der Waals surface area (Å²) in [6.07, 6.45) is -0.359. The van der Waals surface area contributed by atoms with E-state index in [2.05, 4.69) is 0 Å². The van der Waals surface area contributed by atoms with E-state index in [4.69, 9.17) is 23.1 Å². The second kappa shape index (κ2) is 12.3. The number of rotatable bonds is 14. The molecule has 0 saturated heterocycles. The largest absolute Gasteiger partial charge is 0.382 e. The summed E-state index contributed by atoms with van der Waals surface area (Å²) in [6, 6.07) is 6.51. The van der Waals surface area contributed by atoms with Crippen molar-refractivity contribution in [2.45, 2.75) is 24.8 Å². The lowest BCUT2D eigenvalue weighted by Gasteiger charge is -2.14. The first kappa shape index (κ1) is 22.0. The fourth-order valence-corrected chi connectivity index (χ4v) is 2.76. The predicted molar refractivity (Wildman–Crippen MR) is 93.2 cm³/mol. The second-order valence-electron chi connectivity index (χ2n) is 5.45. The first-order valence-corrected chi connectivity index (χ1v) is 9.58. The molecule has 144 valence electrons. The van der Waals surface area contributed by atoms with Crippen LogP contribution in [0.3, 0.4) is 0 Å². The maximum atomic E-state index is 12.0. The van der Waals surface area contributed by atoms with Crippen molar-refractivity contribution in [3.8, 4) is 0 Å². The van der Waals surface area contributed by atoms with Gasteiger partial charge >= 0.3 is 0 Å². The van der Waals surface area contributed by atoms with Crippen molar-refractivity contribution in [2.24, 2.45) is 0 Å². The van der Waals surface area contributed by atoms with Crippen molar-refractivity contribution >= 4 is 10.1 Å². The molecular weight excluding hydrogens is 348 g/mol. The average Bonchev–Trinajstić information content (AvgIpc) is 2.59. The molecule has 8 heteroatoms. The number of aryl methyl sites for hydroxylation is 1. The van der Waals surface area contributed by atoms with Crippen molar-refractivity contribution in [1.82, 2.24) is 0 Å². The summed E-state index contributed by atoms with van der Waals surface area (Å²) in [5, 5.41) is 0. The molecule has 25 heavy (non-hydrogen) atoms. The summed E-state index contributed by atoms with van der Waals surface area (Å²) in [5.41, 5.74) is 0.986. The molecule has 0 aliphatic carbocycles. The zero-order valence-corrected chi connectivity index (χ0v) is 15.9. The molecule has 1 aromatic carbocycles. The Labute approximate surface area is 150 Å². The first-order valence-electron chi connectivity index (χ1n) is 8.18. The Kier molecular flexibility index (Phi) is 10.9. The minimum Gasteiger partial charge on any atom is -0.382 e. The molecule has 0 aromatic heterocycles. The molecule has 0 aliphatic rings. The topological polar surface area (TPSA) is 80.3 Å². The van der Waals surface area contributed by atoms with Crippen molar-refractivity contribution in [1.29, 1.82) is 0 Å². The van der Waals surface area contributed by atoms with E-state index >= 15 is 0 Å². The van der Waals surface area contributed by atoms with Crippen LogP contribution in [0.4, 0.5) is 0 Å². The molecule has 1 rings (SSSR count). The third-order valence-corrected chi connectivity index (χ3v) is 4.50. The lowest BCUT2D eigenvalue weighted by atomic mass is 10.2. The molecule has 0 saturated carbocycles. The SMILES string of the molecule is COCCOCCOCCO[C@@H](C)COS(=O)(=O)c1ccc(C)cc1. The summed E-state index contributed by atoms with van der Waals surface area (Å²) in [5.74, 6) is 0. The highest BCUT2D eigenvalue weighted by molar-refractivity contribution is 7.86. The lowest BCUT2D eigenvalue weighted by Crippen LogP contribution is -2.21. The molecule has 0 bridgehead atoms. The van der Waals surface area contributed by atoms with Gasteiger partial charge in [-0.2, -0.15) is 8.42 Å². The maximum Gasteiger partial charge on any atom is 0.297 e. The molecular formula is C17H28O7S. The quantitative estimate of drug-likeness (QED) is 0.362. The van der Waals surface area contributed by atoms with Gasteiger partial charge in [-0.15, -0.1) is 0 Å². The Hall–Kier alpha value is -1.03. The maximum absolute atomic E-state index is 12.0. The molecule has 0 amide bonds. The molecule has 7 nitrogen and oxygen atoms in total. The number of hydrogen-bond donors (Lipinski definition) is 0. The second-order valence-corrected chi connectivity index (χ2v) is 7.07. The van der Waals surface area contributed by atoms with E-state index in [0.29, 0.717) is 39.6 Å². The average molecular weight is 376 g/mol. The van der Waals surface area contributed by atoms with Gasteiger partial charge in [0.2, 0.25) is 0 Å². The van der Waals surface area contributed by atoms with Crippen molar-refractivity contribution < 1.29 is 31.5 Å². The Morgan fingerprint density at radius 2 is 1.48 bits per heavy atom. The third kappa shape index (κ3) is 9.88. The summed E-state index contributed by atoms with van der Waals surface area (Å²) in [6.45, 7) is 6.43. The molecule has 0 N–H and O–H groups in total. The van der Waals surface area contributed by atoms with Crippen LogP contribution in [0.5, 0.6) is 0 Å². The van der Waals surface area contributed by atoms with Gasteiger partial charge in [0.15, 0.2) is 0 Å². The van der Waals surface area contributed by atoms with Crippen LogP contribution in [0.25, 0.3) is 0 Å². The highest BCUT2D eigenvalue weighted by Gasteiger charge is 2.16. The number of methoxy groups -OCH3 is 1. The third-order valence-electron chi connectivity index (χ3n) is 3.20. The van der Waals surface area contributed by atoms with E-state index in [1.807, 2.05) is 6.92 Å². The van der Waals surface area contributed by atoms with Gasteiger partial charge in [0.1, 0.15) is 0 Å². The standard InChI is InChI=1S/C17H28O7S/c1-15-4-6-17(7-5-15)25(18,19)24-14-16(2)23-13-12-22-11-10-21-9-8-20-3/h4-7,16H,8-14H2,1-3H3/t16-/m0/s1. The van der Waals surface area contributed by atoms with Crippen LogP contribution in [0.2, 0.25) is 0 Å². The smallest absolute Gasteiger partial charge is 0.297 e. The van der Waals surface area contributed by atoms with Gasteiger partial charge in [-0.3, -0.25) is 4.18 Å². The number of benzene rings is 1. The zero-order valence-electron chi connectivity index (χ0n) is 15.1. The van der Waals surface area contributed by atoms with E-state index in [1.54, 1.807) is 26.2 Å². The van der Waals surface area contributed by atoms with E-state index in [-0.39, 0.29) is 17.6 Å². The van der Waals surface area contributed by atoms with E-state index in [0.717, 1.165) is 5.56 Å². The van der Waals surface area contributed by atoms with Gasteiger partial charge in [-0.05, 0) is 26.0 Å². The fourth-order valence-electron chi connectivity index (χ4n) is 1.78. The summed E-state index contributed by atoms with van der Waals surface area (Å²) in [7, 11) is -2.14. The van der Waals surface area contributed by atoms with Gasteiger partial charge in [-0.1, -0.05) is 17.7 Å². The molecule has 0 fully saturated rings. The van der Waals surface area contributed by atoms with Gasteiger partial charge < -0.3 is 18.9 Å². The molecule has 0 aliphatic heterocycles. The molecule has 0 unspecified atom stereocenters. The normalized spacial score (nSPS) is 13.1. The van der Waals surface area contributed by atoms with Crippen LogP contribution in [0, 0.1) is 6.92 Å². The Balaban J connectivity index is 2.12. The van der Waals surface area contributed by atoms with Crippen LogP contribution in [0.15, 0.2) is 29.2 Å². The van der Waals surface area contributed by atoms with Gasteiger partial charge in [0, 0.05) is 7.11 Å². The number of ether oxygens (including phenoxy) is 4. The van der Waals surface area contributed by atoms with E-state index in [1.165, 1.54) is 12.1 Å². The Morgan fingerprint density at radius 1 is 0.920 bits per heavy atom. The van der Waals surface area contributed by atoms with Crippen LogP contribution in [-0.4, -0.2) is 67.9 Å². The predicted octanol–water partition coefficient (Wildman–Crippen LogP) is 1.79. The number of hydrogen-bond acceptors (Lipinski definition) is 7. The van der Waals surface area contributed by atoms with Crippen LogP contribution in [-0.2, 0) is 33.2 Å². The molecule has 0 spiro atoms. The lowest BCUT2D eigenvalue weighted by molar-refractivity contribution is -0.0214. The molecule has 0 radical (unpaired) electrons. The Morgan fingerprint density at radius 3 is 2.08 bits per heavy atom. The molecule has 1 aromatic rings. The first-order chi connectivity index (χ1) is 12.0.